The van der Waals surface area contributed by atoms with Crippen LogP contribution in [0.25, 0.3) is 28.1 Å². The van der Waals surface area contributed by atoms with Gasteiger partial charge in [0.1, 0.15) is 5.82 Å². The third kappa shape index (κ3) is 5.21. The largest absolute Gasteiger partial charge is 0.469 e. The van der Waals surface area contributed by atoms with Gasteiger partial charge in [-0.05, 0) is 43.7 Å². The molecule has 0 aliphatic carbocycles. The lowest BCUT2D eigenvalue weighted by atomic mass is 10.0. The van der Waals surface area contributed by atoms with E-state index >= 15 is 0 Å². The fourth-order valence-corrected chi connectivity index (χ4v) is 3.84. The maximum Gasteiger partial charge on any atom is 0.308 e. The molecule has 0 aliphatic heterocycles. The molecule has 1 heterocycles. The van der Waals surface area contributed by atoms with Crippen LogP contribution in [-0.2, 0) is 9.53 Å². The molecule has 0 radical (unpaired) electrons. The van der Waals surface area contributed by atoms with Gasteiger partial charge in [-0.15, -0.1) is 0 Å². The Kier molecular flexibility index (Phi) is 7.25. The molecule has 0 amide bonds. The van der Waals surface area contributed by atoms with Crippen LogP contribution in [0.15, 0.2) is 54.6 Å². The topological polar surface area (TPSA) is 71.7 Å². The number of fused-ring (bicyclic) bond motifs is 1. The number of aromatic nitrogens is 1. The van der Waals surface area contributed by atoms with Gasteiger partial charge in [-0.2, -0.15) is 0 Å². The number of methoxy groups -OCH3 is 1. The van der Waals surface area contributed by atoms with Gasteiger partial charge in [-0.1, -0.05) is 36.4 Å². The fraction of sp³-hybridized carbons (Fsp3) is 0.320. The highest BCUT2D eigenvalue weighted by Crippen LogP contribution is 2.38. The number of nitrogens with zero attached hydrogens (tertiary/aromatic N) is 1. The van der Waals surface area contributed by atoms with Gasteiger partial charge in [0.25, 0.3) is 0 Å². The van der Waals surface area contributed by atoms with Crippen LogP contribution in [0.4, 0.5) is 4.39 Å². The maximum atomic E-state index is 13.5. The number of hydrogen-bond donors (Lipinski definition) is 2. The van der Waals surface area contributed by atoms with Crippen LogP contribution < -0.4 is 0 Å². The van der Waals surface area contributed by atoms with Gasteiger partial charge in [-0.25, -0.2) is 4.39 Å². The van der Waals surface area contributed by atoms with Crippen molar-refractivity contribution < 1.29 is 24.1 Å². The Labute approximate surface area is 181 Å². The number of halogens is 1. The minimum atomic E-state index is -1.00. The molecular weight excluding hydrogens is 397 g/mol. The lowest BCUT2D eigenvalue weighted by Gasteiger charge is -2.15. The monoisotopic (exact) mass is 425 g/mol. The van der Waals surface area contributed by atoms with Crippen LogP contribution in [0.5, 0.6) is 0 Å². The maximum absolute atomic E-state index is 13.5. The van der Waals surface area contributed by atoms with E-state index in [1.165, 1.54) is 19.2 Å². The summed E-state index contributed by atoms with van der Waals surface area (Å²) in [5.74, 6) is -0.828. The van der Waals surface area contributed by atoms with E-state index in [1.807, 2.05) is 30.3 Å². The minimum Gasteiger partial charge on any atom is -0.469 e. The highest BCUT2D eigenvalue weighted by atomic mass is 19.1. The number of para-hydroxylation sites is 1. The van der Waals surface area contributed by atoms with Crippen LogP contribution in [0.3, 0.4) is 0 Å². The molecule has 0 saturated heterocycles. The van der Waals surface area contributed by atoms with Crippen molar-refractivity contribution in [2.45, 2.75) is 44.9 Å². The predicted octanol–water partition coefficient (Wildman–Crippen LogP) is 4.72. The van der Waals surface area contributed by atoms with Gasteiger partial charge in [0, 0.05) is 34.6 Å². The average Bonchev–Trinajstić information content (AvgIpc) is 3.07. The summed E-state index contributed by atoms with van der Waals surface area (Å²) in [7, 11) is 1.26. The molecule has 0 aliphatic rings. The van der Waals surface area contributed by atoms with Crippen LogP contribution >= 0.6 is 0 Å². The molecule has 2 atom stereocenters. The van der Waals surface area contributed by atoms with Crippen molar-refractivity contribution in [2.75, 3.05) is 7.11 Å². The van der Waals surface area contributed by atoms with Crippen LogP contribution in [0, 0.1) is 5.82 Å². The van der Waals surface area contributed by atoms with Crippen LogP contribution in [0.2, 0.25) is 0 Å². The normalized spacial score (nSPS) is 13.8. The molecule has 6 heteroatoms. The van der Waals surface area contributed by atoms with Crippen molar-refractivity contribution in [3.8, 4) is 11.1 Å². The Balaban J connectivity index is 2.03. The zero-order valence-electron chi connectivity index (χ0n) is 18.0. The minimum absolute atomic E-state index is 0.0133. The summed E-state index contributed by atoms with van der Waals surface area (Å²) in [6.07, 6.45) is 1.34. The van der Waals surface area contributed by atoms with E-state index < -0.39 is 18.2 Å². The SMILES string of the molecule is COC(=O)C[C@@H](O)C[C@@H](O)/C=C\c1c(-c2ccc(F)cc2)c2ccccc2n1C(C)C. The first-order valence-electron chi connectivity index (χ1n) is 10.3. The van der Waals surface area contributed by atoms with Crippen molar-refractivity contribution in [3.63, 3.8) is 0 Å². The number of ether oxygens (including phenoxy) is 1. The van der Waals surface area contributed by atoms with Gasteiger partial charge in [0.15, 0.2) is 0 Å². The molecule has 31 heavy (non-hydrogen) atoms. The van der Waals surface area contributed by atoms with E-state index in [9.17, 15) is 19.4 Å². The lowest BCUT2D eigenvalue weighted by molar-refractivity contribution is -0.143. The molecule has 0 fully saturated rings. The molecule has 0 unspecified atom stereocenters. The molecule has 0 saturated carbocycles. The number of carbonyl (C=O) groups excluding carboxylic acids is 1. The van der Waals surface area contributed by atoms with E-state index in [1.54, 1.807) is 18.2 Å². The summed E-state index contributed by atoms with van der Waals surface area (Å²) >= 11 is 0. The van der Waals surface area contributed by atoms with E-state index in [4.69, 9.17) is 0 Å². The van der Waals surface area contributed by atoms with E-state index in [0.717, 1.165) is 27.7 Å². The number of rotatable bonds is 8. The van der Waals surface area contributed by atoms with Crippen molar-refractivity contribution in [1.29, 1.82) is 0 Å². The Morgan fingerprint density at radius 3 is 2.45 bits per heavy atom. The summed E-state index contributed by atoms with van der Waals surface area (Å²) in [4.78, 5) is 11.3. The number of esters is 1. The second-order valence-electron chi connectivity index (χ2n) is 7.84. The number of aliphatic hydroxyl groups excluding tert-OH is 2. The zero-order valence-corrected chi connectivity index (χ0v) is 18.0. The van der Waals surface area contributed by atoms with Gasteiger partial charge < -0.3 is 19.5 Å². The molecule has 2 aromatic carbocycles. The Morgan fingerprint density at radius 1 is 1.13 bits per heavy atom. The summed E-state index contributed by atoms with van der Waals surface area (Å²) < 4.78 is 20.3. The summed E-state index contributed by atoms with van der Waals surface area (Å²) in [6, 6.07) is 14.5. The van der Waals surface area contributed by atoms with E-state index in [2.05, 4.69) is 23.2 Å². The number of carbonyl (C=O) groups is 1. The molecule has 0 bridgehead atoms. The van der Waals surface area contributed by atoms with E-state index in [-0.39, 0.29) is 24.7 Å². The molecule has 0 spiro atoms. The molecular formula is C25H28FNO4. The molecule has 2 N–H and O–H groups in total. The molecule has 5 nitrogen and oxygen atoms in total. The first-order valence-corrected chi connectivity index (χ1v) is 10.3. The molecule has 3 aromatic rings. The Morgan fingerprint density at radius 2 is 1.81 bits per heavy atom. The zero-order chi connectivity index (χ0) is 22.5. The second kappa shape index (κ2) is 9.90. The van der Waals surface area contributed by atoms with Crippen LogP contribution in [0.1, 0.15) is 38.4 Å². The number of aliphatic hydroxyl groups is 2. The number of hydrogen-bond acceptors (Lipinski definition) is 4. The average molecular weight is 426 g/mol. The summed E-state index contributed by atoms with van der Waals surface area (Å²) in [6.45, 7) is 4.16. The first kappa shape index (κ1) is 22.7. The lowest BCUT2D eigenvalue weighted by Crippen LogP contribution is -2.20. The molecule has 3 rings (SSSR count). The standard InChI is InChI=1S/C25H28FNO4/c1-16(2)27-22-7-5-4-6-21(22)25(17-8-10-18(26)11-9-17)23(27)13-12-19(28)14-20(29)15-24(30)31-3/h4-13,16,19-20,28-29H,14-15H2,1-3H3/b13-12-/t19-,20-/m0/s1. The quantitative estimate of drug-likeness (QED) is 0.513. The van der Waals surface area contributed by atoms with E-state index in [0.29, 0.717) is 0 Å². The predicted molar refractivity (Wildman–Crippen MR) is 120 cm³/mol. The first-order chi connectivity index (χ1) is 14.8. The second-order valence-corrected chi connectivity index (χ2v) is 7.84. The Bertz CT molecular complexity index is 1070. The highest BCUT2D eigenvalue weighted by Gasteiger charge is 2.19. The third-order valence-corrected chi connectivity index (χ3v) is 5.22. The van der Waals surface area contributed by atoms with Crippen molar-refractivity contribution in [3.05, 3.63) is 66.1 Å². The highest BCUT2D eigenvalue weighted by molar-refractivity contribution is 6.01. The van der Waals surface area contributed by atoms with Gasteiger partial charge in [0.2, 0.25) is 0 Å². The smallest absolute Gasteiger partial charge is 0.308 e. The number of benzene rings is 2. The van der Waals surface area contributed by atoms with Crippen LogP contribution in [-0.4, -0.2) is 40.1 Å². The third-order valence-electron chi connectivity index (χ3n) is 5.22. The fourth-order valence-electron chi connectivity index (χ4n) is 3.84. The molecule has 164 valence electrons. The van der Waals surface area contributed by atoms with Crippen molar-refractivity contribution >= 4 is 22.9 Å². The molecule has 1 aromatic heterocycles. The van der Waals surface area contributed by atoms with Gasteiger partial charge >= 0.3 is 5.97 Å². The van der Waals surface area contributed by atoms with Crippen molar-refractivity contribution in [1.82, 2.24) is 4.57 Å². The summed E-state index contributed by atoms with van der Waals surface area (Å²) in [5.41, 5.74) is 3.74. The van der Waals surface area contributed by atoms with Crippen molar-refractivity contribution in [2.24, 2.45) is 0 Å². The Hall–Kier alpha value is -2.96. The van der Waals surface area contributed by atoms with Gasteiger partial charge in [0.05, 0.1) is 25.7 Å². The summed E-state index contributed by atoms with van der Waals surface area (Å²) in [5, 5.41) is 21.4. The van der Waals surface area contributed by atoms with Gasteiger partial charge in [-0.3, -0.25) is 4.79 Å².